The van der Waals surface area contributed by atoms with Crippen molar-refractivity contribution in [2.45, 2.75) is 13.5 Å². The van der Waals surface area contributed by atoms with Gasteiger partial charge in [0.25, 0.3) is 0 Å². The minimum Gasteiger partial charge on any atom is -0.437 e. The lowest BCUT2D eigenvalue weighted by molar-refractivity contribution is 0.281. The summed E-state index contributed by atoms with van der Waals surface area (Å²) in [5, 5.41) is 9.63. The Morgan fingerprint density at radius 3 is 2.78 bits per heavy atom. The first-order valence-electron chi connectivity index (χ1n) is 5.30. The molecule has 2 rings (SSSR count). The van der Waals surface area contributed by atoms with Crippen LogP contribution < -0.4 is 4.74 Å². The van der Waals surface area contributed by atoms with E-state index in [-0.39, 0.29) is 6.61 Å². The largest absolute Gasteiger partial charge is 0.437 e. The van der Waals surface area contributed by atoms with Crippen LogP contribution >= 0.6 is 27.5 Å². The number of ether oxygens (including phenoxy) is 1. The third-order valence-electron chi connectivity index (χ3n) is 2.28. The van der Waals surface area contributed by atoms with Crippen LogP contribution in [0, 0.1) is 6.92 Å². The van der Waals surface area contributed by atoms with Crippen LogP contribution in [0.15, 0.2) is 34.8 Å². The third-order valence-corrected chi connectivity index (χ3v) is 3.07. The molecule has 0 spiro atoms. The highest BCUT2D eigenvalue weighted by Crippen LogP contribution is 2.31. The molecule has 0 atom stereocenters. The average Bonchev–Trinajstić information content (AvgIpc) is 2.32. The first kappa shape index (κ1) is 13.3. The third kappa shape index (κ3) is 3.22. The number of hydrogen-bond acceptors (Lipinski definition) is 3. The molecule has 1 aromatic carbocycles. The summed E-state index contributed by atoms with van der Waals surface area (Å²) in [7, 11) is 0. The Labute approximate surface area is 119 Å². The van der Waals surface area contributed by atoms with Crippen LogP contribution in [-0.2, 0) is 6.61 Å². The molecular formula is C13H11BrClNO2. The molecule has 94 valence electrons. The van der Waals surface area contributed by atoms with Gasteiger partial charge in [0.2, 0.25) is 5.88 Å². The van der Waals surface area contributed by atoms with E-state index in [0.717, 1.165) is 15.7 Å². The number of rotatable bonds is 3. The fourth-order valence-corrected chi connectivity index (χ4v) is 2.23. The summed E-state index contributed by atoms with van der Waals surface area (Å²) in [6.07, 6.45) is 0. The second kappa shape index (κ2) is 5.69. The topological polar surface area (TPSA) is 42.4 Å². The number of pyridine rings is 1. The first-order valence-corrected chi connectivity index (χ1v) is 6.47. The van der Waals surface area contributed by atoms with Crippen molar-refractivity contribution in [1.29, 1.82) is 0 Å². The lowest BCUT2D eigenvalue weighted by Gasteiger charge is -2.09. The van der Waals surface area contributed by atoms with Gasteiger partial charge in [-0.2, -0.15) is 0 Å². The number of aryl methyl sites for hydroxylation is 1. The van der Waals surface area contributed by atoms with Gasteiger partial charge in [-0.15, -0.1) is 0 Å². The highest BCUT2D eigenvalue weighted by molar-refractivity contribution is 9.10. The second-order valence-corrected chi connectivity index (χ2v) is 5.11. The molecule has 1 N–H and O–H groups in total. The predicted octanol–water partition coefficient (Wildman–Crippen LogP) is 4.09. The second-order valence-electron chi connectivity index (χ2n) is 3.79. The van der Waals surface area contributed by atoms with E-state index in [4.69, 9.17) is 21.4 Å². The van der Waals surface area contributed by atoms with Crippen molar-refractivity contribution in [2.24, 2.45) is 0 Å². The molecular weight excluding hydrogens is 318 g/mol. The van der Waals surface area contributed by atoms with E-state index in [1.165, 1.54) is 0 Å². The number of hydrogen-bond donors (Lipinski definition) is 1. The van der Waals surface area contributed by atoms with E-state index in [9.17, 15) is 0 Å². The van der Waals surface area contributed by atoms with Crippen molar-refractivity contribution < 1.29 is 9.84 Å². The smallest absolute Gasteiger partial charge is 0.219 e. The molecule has 0 fully saturated rings. The quantitative estimate of drug-likeness (QED) is 0.922. The van der Waals surface area contributed by atoms with Crippen LogP contribution in [0.2, 0.25) is 5.02 Å². The summed E-state index contributed by atoms with van der Waals surface area (Å²) >= 11 is 9.39. The monoisotopic (exact) mass is 327 g/mol. The molecule has 3 nitrogen and oxygen atoms in total. The minimum absolute atomic E-state index is 0.0478. The Morgan fingerprint density at radius 1 is 1.33 bits per heavy atom. The molecule has 2 aromatic rings. The summed E-state index contributed by atoms with van der Waals surface area (Å²) in [5.41, 5.74) is 1.54. The fourth-order valence-electron chi connectivity index (χ4n) is 1.52. The van der Waals surface area contributed by atoms with E-state index in [0.29, 0.717) is 16.7 Å². The van der Waals surface area contributed by atoms with E-state index in [2.05, 4.69) is 20.9 Å². The molecule has 18 heavy (non-hydrogen) atoms. The average molecular weight is 329 g/mol. The number of halogens is 2. The van der Waals surface area contributed by atoms with Crippen molar-refractivity contribution in [3.05, 3.63) is 51.1 Å². The lowest BCUT2D eigenvalue weighted by Crippen LogP contribution is -1.94. The Bertz CT molecular complexity index is 575. The zero-order valence-corrected chi connectivity index (χ0v) is 12.0. The Hall–Kier alpha value is -1.10. The Morgan fingerprint density at radius 2 is 2.11 bits per heavy atom. The molecule has 1 heterocycles. The van der Waals surface area contributed by atoms with Gasteiger partial charge in [-0.3, -0.25) is 0 Å². The number of nitrogens with zero attached hydrogens (tertiary/aromatic N) is 1. The van der Waals surface area contributed by atoms with Crippen molar-refractivity contribution in [3.63, 3.8) is 0 Å². The van der Waals surface area contributed by atoms with Gasteiger partial charge < -0.3 is 9.84 Å². The van der Waals surface area contributed by atoms with E-state index in [1.54, 1.807) is 24.3 Å². The van der Waals surface area contributed by atoms with Gasteiger partial charge >= 0.3 is 0 Å². The number of aromatic nitrogens is 1. The SMILES string of the molecule is Cc1cc(CO)cc(Oc2ccc(Br)cc2Cl)n1. The Kier molecular flexibility index (Phi) is 4.22. The van der Waals surface area contributed by atoms with Crippen molar-refractivity contribution in [1.82, 2.24) is 4.98 Å². The summed E-state index contributed by atoms with van der Waals surface area (Å²) in [4.78, 5) is 4.24. The first-order chi connectivity index (χ1) is 8.58. The maximum absolute atomic E-state index is 9.13. The van der Waals surface area contributed by atoms with E-state index in [1.807, 2.05) is 13.0 Å². The van der Waals surface area contributed by atoms with Crippen molar-refractivity contribution >= 4 is 27.5 Å². The van der Waals surface area contributed by atoms with Crippen LogP contribution in [0.5, 0.6) is 11.6 Å². The van der Waals surface area contributed by atoms with Crippen LogP contribution in [0.4, 0.5) is 0 Å². The maximum Gasteiger partial charge on any atom is 0.219 e. The zero-order valence-electron chi connectivity index (χ0n) is 9.65. The highest BCUT2D eigenvalue weighted by Gasteiger charge is 2.06. The van der Waals surface area contributed by atoms with Gasteiger partial charge in [-0.1, -0.05) is 27.5 Å². The summed E-state index contributed by atoms with van der Waals surface area (Å²) in [5.74, 6) is 0.949. The zero-order chi connectivity index (χ0) is 13.1. The lowest BCUT2D eigenvalue weighted by atomic mass is 10.2. The molecule has 0 aliphatic rings. The number of benzene rings is 1. The molecule has 0 aliphatic carbocycles. The Balaban J connectivity index is 2.30. The molecule has 0 saturated heterocycles. The normalized spacial score (nSPS) is 10.4. The number of aliphatic hydroxyl groups excluding tert-OH is 1. The van der Waals surface area contributed by atoms with Gasteiger partial charge in [-0.25, -0.2) is 4.98 Å². The molecule has 0 unspecified atom stereocenters. The van der Waals surface area contributed by atoms with Gasteiger partial charge in [-0.05, 0) is 36.8 Å². The van der Waals surface area contributed by atoms with Crippen LogP contribution in [-0.4, -0.2) is 10.1 Å². The molecule has 5 heteroatoms. The number of aliphatic hydroxyl groups is 1. The summed E-state index contributed by atoms with van der Waals surface area (Å²) in [6, 6.07) is 8.83. The van der Waals surface area contributed by atoms with Crippen molar-refractivity contribution in [2.75, 3.05) is 0 Å². The molecule has 1 aromatic heterocycles. The van der Waals surface area contributed by atoms with Crippen LogP contribution in [0.25, 0.3) is 0 Å². The predicted molar refractivity (Wildman–Crippen MR) is 74.1 cm³/mol. The van der Waals surface area contributed by atoms with Crippen LogP contribution in [0.1, 0.15) is 11.3 Å². The molecule has 0 amide bonds. The van der Waals surface area contributed by atoms with Crippen molar-refractivity contribution in [3.8, 4) is 11.6 Å². The van der Waals surface area contributed by atoms with Crippen LogP contribution in [0.3, 0.4) is 0 Å². The summed E-state index contributed by atoms with van der Waals surface area (Å²) in [6.45, 7) is 1.79. The minimum atomic E-state index is -0.0478. The van der Waals surface area contributed by atoms with E-state index < -0.39 is 0 Å². The standard InChI is InChI=1S/C13H11BrClNO2/c1-8-4-9(7-17)5-13(16-8)18-12-3-2-10(14)6-11(12)15/h2-6,17H,7H2,1H3. The van der Waals surface area contributed by atoms with Gasteiger partial charge in [0.15, 0.2) is 0 Å². The molecule has 0 radical (unpaired) electrons. The van der Waals surface area contributed by atoms with Gasteiger partial charge in [0.05, 0.1) is 11.6 Å². The van der Waals surface area contributed by atoms with E-state index >= 15 is 0 Å². The molecule has 0 aliphatic heterocycles. The molecule has 0 bridgehead atoms. The maximum atomic E-state index is 9.13. The fraction of sp³-hybridized carbons (Fsp3) is 0.154. The molecule has 0 saturated carbocycles. The summed E-state index contributed by atoms with van der Waals surface area (Å²) < 4.78 is 6.49. The highest BCUT2D eigenvalue weighted by atomic mass is 79.9. The van der Waals surface area contributed by atoms with Gasteiger partial charge in [0, 0.05) is 16.2 Å². The van der Waals surface area contributed by atoms with Gasteiger partial charge in [0.1, 0.15) is 5.75 Å².